The van der Waals surface area contributed by atoms with Crippen molar-refractivity contribution in [1.82, 2.24) is 15.5 Å². The number of aliphatic hydroxyl groups is 1. The van der Waals surface area contributed by atoms with Crippen molar-refractivity contribution in [3.63, 3.8) is 0 Å². The fourth-order valence-electron chi connectivity index (χ4n) is 1.74. The van der Waals surface area contributed by atoms with Crippen molar-refractivity contribution in [2.45, 2.75) is 13.0 Å². The Morgan fingerprint density at radius 2 is 2.15 bits per heavy atom. The van der Waals surface area contributed by atoms with Gasteiger partial charge < -0.3 is 10.4 Å². The highest BCUT2D eigenvalue weighted by atomic mass is 16.2. The molecule has 1 unspecified atom stereocenters. The maximum Gasteiger partial charge on any atom is 0.269 e. The zero-order valence-electron chi connectivity index (χ0n) is 11.1. The molecule has 0 saturated carbocycles. The highest BCUT2D eigenvalue weighted by Gasteiger charge is 2.11. The molecular weight excluding hydrogens is 254 g/mol. The minimum atomic E-state index is -0.195. The van der Waals surface area contributed by atoms with Gasteiger partial charge in [-0.2, -0.15) is 5.10 Å². The topological polar surface area (TPSA) is 78.0 Å². The third-order valence-electron chi connectivity index (χ3n) is 2.82. The lowest BCUT2D eigenvalue weighted by molar-refractivity contribution is 0.0935. The van der Waals surface area contributed by atoms with Crippen LogP contribution in [0, 0.1) is 11.8 Å². The summed E-state index contributed by atoms with van der Waals surface area (Å²) >= 11 is 0. The number of amides is 1. The molecule has 0 aliphatic carbocycles. The fourth-order valence-corrected chi connectivity index (χ4v) is 1.74. The van der Waals surface area contributed by atoms with Gasteiger partial charge in [-0.1, -0.05) is 24.0 Å². The van der Waals surface area contributed by atoms with Crippen molar-refractivity contribution in [3.8, 4) is 11.8 Å². The Labute approximate surface area is 117 Å². The minimum absolute atomic E-state index is 0.120. The van der Waals surface area contributed by atoms with Crippen LogP contribution in [0.5, 0.6) is 0 Å². The van der Waals surface area contributed by atoms with E-state index in [1.807, 2.05) is 31.2 Å². The molecule has 0 spiro atoms. The van der Waals surface area contributed by atoms with Gasteiger partial charge in [-0.3, -0.25) is 9.89 Å². The lowest BCUT2D eigenvalue weighted by Gasteiger charge is -2.13. The predicted octanol–water partition coefficient (Wildman–Crippen LogP) is 1.24. The summed E-state index contributed by atoms with van der Waals surface area (Å²) in [5.41, 5.74) is 2.24. The van der Waals surface area contributed by atoms with Crippen molar-refractivity contribution >= 4 is 5.91 Å². The van der Waals surface area contributed by atoms with Gasteiger partial charge >= 0.3 is 0 Å². The van der Waals surface area contributed by atoms with Gasteiger partial charge in [0, 0.05) is 11.8 Å². The second kappa shape index (κ2) is 6.55. The van der Waals surface area contributed by atoms with Gasteiger partial charge in [-0.05, 0) is 30.7 Å². The van der Waals surface area contributed by atoms with E-state index in [1.165, 1.54) is 6.20 Å². The lowest BCUT2D eigenvalue weighted by Crippen LogP contribution is -2.26. The van der Waals surface area contributed by atoms with Crippen LogP contribution < -0.4 is 5.32 Å². The highest BCUT2D eigenvalue weighted by Crippen LogP contribution is 2.13. The number of aromatic amines is 1. The summed E-state index contributed by atoms with van der Waals surface area (Å²) in [5.74, 6) is 5.22. The largest absolute Gasteiger partial charge is 0.384 e. The van der Waals surface area contributed by atoms with Gasteiger partial charge in [0.15, 0.2) is 0 Å². The van der Waals surface area contributed by atoms with E-state index >= 15 is 0 Å². The van der Waals surface area contributed by atoms with Crippen molar-refractivity contribution in [2.75, 3.05) is 6.61 Å². The maximum atomic E-state index is 11.9. The monoisotopic (exact) mass is 269 g/mol. The number of hydrogen-bond donors (Lipinski definition) is 3. The van der Waals surface area contributed by atoms with Crippen LogP contribution in [0.1, 0.15) is 34.6 Å². The van der Waals surface area contributed by atoms with Crippen molar-refractivity contribution in [2.24, 2.45) is 0 Å². The molecule has 1 atom stereocenters. The summed E-state index contributed by atoms with van der Waals surface area (Å²) in [6, 6.07) is 9.02. The van der Waals surface area contributed by atoms with E-state index in [9.17, 15) is 4.79 Å². The Bertz CT molecular complexity index is 621. The summed E-state index contributed by atoms with van der Waals surface area (Å²) in [5, 5.41) is 17.9. The Hall–Kier alpha value is -2.58. The highest BCUT2D eigenvalue weighted by molar-refractivity contribution is 5.92. The van der Waals surface area contributed by atoms with Crippen LogP contribution in [-0.2, 0) is 0 Å². The Morgan fingerprint density at radius 3 is 2.75 bits per heavy atom. The second-order valence-electron chi connectivity index (χ2n) is 4.25. The summed E-state index contributed by atoms with van der Waals surface area (Å²) in [7, 11) is 0. The molecule has 102 valence electrons. The molecule has 0 aliphatic heterocycles. The third kappa shape index (κ3) is 3.46. The van der Waals surface area contributed by atoms with Crippen LogP contribution in [0.15, 0.2) is 36.5 Å². The summed E-state index contributed by atoms with van der Waals surface area (Å²) in [4.78, 5) is 11.9. The summed E-state index contributed by atoms with van der Waals surface area (Å²) < 4.78 is 0. The molecule has 0 bridgehead atoms. The molecular formula is C15H15N3O2. The van der Waals surface area contributed by atoms with Gasteiger partial charge in [0.2, 0.25) is 0 Å². The smallest absolute Gasteiger partial charge is 0.269 e. The predicted molar refractivity (Wildman–Crippen MR) is 74.9 cm³/mol. The molecule has 5 heteroatoms. The number of H-pyrrole nitrogens is 1. The lowest BCUT2D eigenvalue weighted by atomic mass is 10.1. The first kappa shape index (κ1) is 13.8. The molecule has 2 aromatic rings. The molecule has 0 radical (unpaired) electrons. The third-order valence-corrected chi connectivity index (χ3v) is 2.82. The van der Waals surface area contributed by atoms with Gasteiger partial charge in [0.25, 0.3) is 5.91 Å². The van der Waals surface area contributed by atoms with Crippen LogP contribution >= 0.6 is 0 Å². The first-order valence-electron chi connectivity index (χ1n) is 6.20. The second-order valence-corrected chi connectivity index (χ2v) is 4.25. The van der Waals surface area contributed by atoms with E-state index in [1.54, 1.807) is 6.07 Å². The van der Waals surface area contributed by atoms with E-state index in [4.69, 9.17) is 5.11 Å². The van der Waals surface area contributed by atoms with Crippen LogP contribution in [0.2, 0.25) is 0 Å². The van der Waals surface area contributed by atoms with Gasteiger partial charge in [0.05, 0.1) is 6.04 Å². The molecule has 1 heterocycles. The molecule has 5 nitrogen and oxygen atoms in total. The molecule has 3 N–H and O–H groups in total. The van der Waals surface area contributed by atoms with E-state index in [-0.39, 0.29) is 18.6 Å². The van der Waals surface area contributed by atoms with Crippen LogP contribution in [0.25, 0.3) is 0 Å². The number of hydrogen-bond acceptors (Lipinski definition) is 3. The molecule has 1 amide bonds. The molecule has 1 aromatic heterocycles. The number of aromatic nitrogens is 2. The van der Waals surface area contributed by atoms with E-state index in [0.717, 1.165) is 11.1 Å². The van der Waals surface area contributed by atoms with Crippen molar-refractivity contribution in [1.29, 1.82) is 0 Å². The van der Waals surface area contributed by atoms with Crippen LogP contribution in [0.4, 0.5) is 0 Å². The Balaban J connectivity index is 2.02. The summed E-state index contributed by atoms with van der Waals surface area (Å²) in [6.07, 6.45) is 1.54. The van der Waals surface area contributed by atoms with Gasteiger partial charge in [0.1, 0.15) is 12.3 Å². The van der Waals surface area contributed by atoms with Crippen molar-refractivity contribution < 1.29 is 9.90 Å². The zero-order chi connectivity index (χ0) is 14.4. The van der Waals surface area contributed by atoms with Crippen molar-refractivity contribution in [3.05, 3.63) is 53.3 Å². The van der Waals surface area contributed by atoms with E-state index in [2.05, 4.69) is 27.4 Å². The van der Waals surface area contributed by atoms with E-state index < -0.39 is 0 Å². The molecule has 20 heavy (non-hydrogen) atoms. The molecule has 0 saturated heterocycles. The maximum absolute atomic E-state index is 11.9. The minimum Gasteiger partial charge on any atom is -0.384 e. The average molecular weight is 269 g/mol. The van der Waals surface area contributed by atoms with Crippen LogP contribution in [-0.4, -0.2) is 27.8 Å². The number of aliphatic hydroxyl groups excluding tert-OH is 1. The molecule has 2 rings (SSSR count). The average Bonchev–Trinajstić information content (AvgIpc) is 3.00. The van der Waals surface area contributed by atoms with Gasteiger partial charge in [-0.15, -0.1) is 0 Å². The normalized spacial score (nSPS) is 11.3. The SMILES string of the molecule is CC(NC(=O)c1ccn[nH]1)c1ccc(C#CCO)cc1. The number of benzene rings is 1. The number of nitrogens with one attached hydrogen (secondary N) is 2. The standard InChI is InChI=1S/C15H15N3O2/c1-11(17-15(20)14-8-9-16-18-14)13-6-4-12(5-7-13)3-2-10-19/h4-9,11,19H,10H2,1H3,(H,16,18)(H,17,20). The zero-order valence-corrected chi connectivity index (χ0v) is 11.1. The first-order chi connectivity index (χ1) is 9.70. The number of carbonyl (C=O) groups excluding carboxylic acids is 1. The number of carbonyl (C=O) groups is 1. The Kier molecular flexibility index (Phi) is 4.53. The summed E-state index contributed by atoms with van der Waals surface area (Å²) in [6.45, 7) is 1.75. The van der Waals surface area contributed by atoms with E-state index in [0.29, 0.717) is 5.69 Å². The van der Waals surface area contributed by atoms with Gasteiger partial charge in [-0.25, -0.2) is 0 Å². The molecule has 0 fully saturated rings. The van der Waals surface area contributed by atoms with Crippen LogP contribution in [0.3, 0.4) is 0 Å². The number of nitrogens with zero attached hydrogens (tertiary/aromatic N) is 1. The first-order valence-corrected chi connectivity index (χ1v) is 6.20. The molecule has 1 aromatic carbocycles. The Morgan fingerprint density at radius 1 is 1.40 bits per heavy atom. The fraction of sp³-hybridized carbons (Fsp3) is 0.200. The quantitative estimate of drug-likeness (QED) is 0.734. The number of rotatable bonds is 3. The molecule has 0 aliphatic rings.